The molecule has 6 heteroatoms. The number of hydrogen-bond acceptors (Lipinski definition) is 3. The third kappa shape index (κ3) is 2.96. The van der Waals surface area contributed by atoms with Crippen molar-refractivity contribution in [3.05, 3.63) is 29.8 Å². The molecule has 2 rings (SSSR count). The molecule has 2 amide bonds. The van der Waals surface area contributed by atoms with Crippen LogP contribution in [0.1, 0.15) is 30.1 Å². The standard InChI is InChI=1S/C14H16N2O4/c1-9(16-8-2-3-12(16)17)13(18)15-11-6-4-10(5-7-11)14(19)20/h4-7,9H,2-3,8H2,1H3,(H,15,18)(H,19,20). The molecule has 1 aromatic carbocycles. The minimum absolute atomic E-state index is 0.00567. The van der Waals surface area contributed by atoms with Crippen molar-refractivity contribution in [2.75, 3.05) is 11.9 Å². The third-order valence-electron chi connectivity index (χ3n) is 3.36. The van der Waals surface area contributed by atoms with Gasteiger partial charge >= 0.3 is 5.97 Å². The summed E-state index contributed by atoms with van der Waals surface area (Å²) in [7, 11) is 0. The summed E-state index contributed by atoms with van der Waals surface area (Å²) >= 11 is 0. The largest absolute Gasteiger partial charge is 0.478 e. The summed E-state index contributed by atoms with van der Waals surface area (Å²) in [5.41, 5.74) is 0.671. The minimum atomic E-state index is -1.01. The van der Waals surface area contributed by atoms with E-state index in [4.69, 9.17) is 5.11 Å². The van der Waals surface area contributed by atoms with Crippen LogP contribution in [0, 0.1) is 0 Å². The number of carbonyl (C=O) groups excluding carboxylic acids is 2. The number of aromatic carboxylic acids is 1. The highest BCUT2D eigenvalue weighted by atomic mass is 16.4. The summed E-state index contributed by atoms with van der Waals surface area (Å²) in [6, 6.07) is 5.37. The van der Waals surface area contributed by atoms with Crippen LogP contribution >= 0.6 is 0 Å². The van der Waals surface area contributed by atoms with Gasteiger partial charge in [0, 0.05) is 18.7 Å². The van der Waals surface area contributed by atoms with Gasteiger partial charge in [0.25, 0.3) is 0 Å². The molecule has 106 valence electrons. The van der Waals surface area contributed by atoms with E-state index >= 15 is 0 Å². The Morgan fingerprint density at radius 2 is 1.95 bits per heavy atom. The van der Waals surface area contributed by atoms with E-state index in [1.165, 1.54) is 24.3 Å². The minimum Gasteiger partial charge on any atom is -0.478 e. The first-order valence-corrected chi connectivity index (χ1v) is 6.42. The van der Waals surface area contributed by atoms with Crippen LogP contribution in [0.15, 0.2) is 24.3 Å². The lowest BCUT2D eigenvalue weighted by molar-refractivity contribution is -0.134. The quantitative estimate of drug-likeness (QED) is 0.868. The Morgan fingerprint density at radius 3 is 2.45 bits per heavy atom. The fourth-order valence-electron chi connectivity index (χ4n) is 2.16. The summed E-state index contributed by atoms with van der Waals surface area (Å²) in [4.78, 5) is 35.9. The molecule has 0 spiro atoms. The maximum atomic E-state index is 12.0. The number of rotatable bonds is 4. The van der Waals surface area contributed by atoms with Crippen LogP contribution in [0.3, 0.4) is 0 Å². The van der Waals surface area contributed by atoms with Gasteiger partial charge in [-0.3, -0.25) is 9.59 Å². The van der Waals surface area contributed by atoms with Crippen LogP contribution in [0.5, 0.6) is 0 Å². The molecule has 1 saturated heterocycles. The smallest absolute Gasteiger partial charge is 0.335 e. The van der Waals surface area contributed by atoms with E-state index in [-0.39, 0.29) is 17.4 Å². The van der Waals surface area contributed by atoms with Gasteiger partial charge in [0.2, 0.25) is 11.8 Å². The van der Waals surface area contributed by atoms with Gasteiger partial charge < -0.3 is 15.3 Å². The Morgan fingerprint density at radius 1 is 1.30 bits per heavy atom. The first-order chi connectivity index (χ1) is 9.49. The zero-order valence-corrected chi connectivity index (χ0v) is 11.1. The Kier molecular flexibility index (Phi) is 4.02. The van der Waals surface area contributed by atoms with Crippen molar-refractivity contribution in [1.29, 1.82) is 0 Å². The molecule has 0 bridgehead atoms. The zero-order chi connectivity index (χ0) is 14.7. The highest BCUT2D eigenvalue weighted by Gasteiger charge is 2.29. The van der Waals surface area contributed by atoms with E-state index in [0.717, 1.165) is 6.42 Å². The predicted octanol–water partition coefficient (Wildman–Crippen LogP) is 1.33. The highest BCUT2D eigenvalue weighted by molar-refractivity contribution is 5.97. The van der Waals surface area contributed by atoms with E-state index in [9.17, 15) is 14.4 Å². The molecule has 1 aliphatic heterocycles. The number of amides is 2. The molecule has 1 aromatic rings. The fraction of sp³-hybridized carbons (Fsp3) is 0.357. The average Bonchev–Trinajstić information content (AvgIpc) is 2.84. The Balaban J connectivity index is 2.00. The molecule has 2 N–H and O–H groups in total. The number of anilines is 1. The summed E-state index contributed by atoms with van der Waals surface area (Å²) in [5, 5.41) is 11.5. The number of carboxylic acid groups (broad SMARTS) is 1. The number of nitrogens with one attached hydrogen (secondary N) is 1. The molecule has 1 atom stereocenters. The van der Waals surface area contributed by atoms with Crippen LogP contribution in [0.2, 0.25) is 0 Å². The van der Waals surface area contributed by atoms with Crippen molar-refractivity contribution < 1.29 is 19.5 Å². The van der Waals surface area contributed by atoms with Crippen molar-refractivity contribution in [3.8, 4) is 0 Å². The molecule has 20 heavy (non-hydrogen) atoms. The van der Waals surface area contributed by atoms with Crippen LogP contribution in [-0.4, -0.2) is 40.4 Å². The maximum absolute atomic E-state index is 12.0. The van der Waals surface area contributed by atoms with E-state index < -0.39 is 12.0 Å². The number of carboxylic acids is 1. The van der Waals surface area contributed by atoms with Crippen LogP contribution in [0.4, 0.5) is 5.69 Å². The van der Waals surface area contributed by atoms with Crippen LogP contribution in [-0.2, 0) is 9.59 Å². The lowest BCUT2D eigenvalue weighted by atomic mass is 10.2. The Bertz CT molecular complexity index is 539. The van der Waals surface area contributed by atoms with E-state index in [2.05, 4.69) is 5.32 Å². The molecular weight excluding hydrogens is 260 g/mol. The molecule has 0 aliphatic carbocycles. The van der Waals surface area contributed by atoms with Crippen molar-refractivity contribution in [2.45, 2.75) is 25.8 Å². The van der Waals surface area contributed by atoms with Gasteiger partial charge in [0.05, 0.1) is 5.56 Å². The summed E-state index contributed by atoms with van der Waals surface area (Å²) in [5.74, 6) is -1.30. The monoisotopic (exact) mass is 276 g/mol. The number of likely N-dealkylation sites (tertiary alicyclic amines) is 1. The fourth-order valence-corrected chi connectivity index (χ4v) is 2.16. The van der Waals surface area contributed by atoms with E-state index in [1.807, 2.05) is 0 Å². The molecule has 1 unspecified atom stereocenters. The van der Waals surface area contributed by atoms with Gasteiger partial charge in [-0.1, -0.05) is 0 Å². The number of hydrogen-bond donors (Lipinski definition) is 2. The second kappa shape index (κ2) is 5.73. The molecule has 1 fully saturated rings. The Hall–Kier alpha value is -2.37. The van der Waals surface area contributed by atoms with Crippen molar-refractivity contribution in [2.24, 2.45) is 0 Å². The highest BCUT2D eigenvalue weighted by Crippen LogP contribution is 2.16. The summed E-state index contributed by atoms with van der Waals surface area (Å²) < 4.78 is 0. The zero-order valence-electron chi connectivity index (χ0n) is 11.1. The number of nitrogens with zero attached hydrogens (tertiary/aromatic N) is 1. The van der Waals surface area contributed by atoms with Crippen molar-refractivity contribution in [1.82, 2.24) is 4.90 Å². The average molecular weight is 276 g/mol. The topological polar surface area (TPSA) is 86.7 Å². The second-order valence-electron chi connectivity index (χ2n) is 4.74. The number of benzene rings is 1. The lowest BCUT2D eigenvalue weighted by Gasteiger charge is -2.23. The molecule has 6 nitrogen and oxygen atoms in total. The molecule has 0 radical (unpaired) electrons. The van der Waals surface area contributed by atoms with Gasteiger partial charge in [-0.15, -0.1) is 0 Å². The second-order valence-corrected chi connectivity index (χ2v) is 4.74. The molecular formula is C14H16N2O4. The Labute approximate surface area is 116 Å². The van der Waals surface area contributed by atoms with Gasteiger partial charge in [0.15, 0.2) is 0 Å². The van der Waals surface area contributed by atoms with Gasteiger partial charge in [0.1, 0.15) is 6.04 Å². The number of carbonyl (C=O) groups is 3. The van der Waals surface area contributed by atoms with Gasteiger partial charge in [-0.25, -0.2) is 4.79 Å². The molecule has 1 aliphatic rings. The van der Waals surface area contributed by atoms with Crippen LogP contribution in [0.25, 0.3) is 0 Å². The van der Waals surface area contributed by atoms with Gasteiger partial charge in [-0.2, -0.15) is 0 Å². The van der Waals surface area contributed by atoms with Crippen LogP contribution < -0.4 is 5.32 Å². The summed E-state index contributed by atoms with van der Waals surface area (Å²) in [6.45, 7) is 2.29. The molecule has 0 aromatic heterocycles. The SMILES string of the molecule is CC(C(=O)Nc1ccc(C(=O)O)cc1)N1CCCC1=O. The van der Waals surface area contributed by atoms with E-state index in [1.54, 1.807) is 11.8 Å². The first kappa shape index (κ1) is 14.0. The molecule has 0 saturated carbocycles. The van der Waals surface area contributed by atoms with Crippen molar-refractivity contribution >= 4 is 23.5 Å². The third-order valence-corrected chi connectivity index (χ3v) is 3.36. The van der Waals surface area contributed by atoms with E-state index in [0.29, 0.717) is 18.7 Å². The maximum Gasteiger partial charge on any atom is 0.335 e. The summed E-state index contributed by atoms with van der Waals surface area (Å²) in [6.07, 6.45) is 1.27. The van der Waals surface area contributed by atoms with Crippen molar-refractivity contribution in [3.63, 3.8) is 0 Å². The normalized spacial score (nSPS) is 16.1. The molecule has 1 heterocycles. The van der Waals surface area contributed by atoms with Gasteiger partial charge in [-0.05, 0) is 37.6 Å². The first-order valence-electron chi connectivity index (χ1n) is 6.42. The predicted molar refractivity (Wildman–Crippen MR) is 72.4 cm³/mol. The lowest BCUT2D eigenvalue weighted by Crippen LogP contribution is -2.42.